The molecule has 0 spiro atoms. The molecule has 13 heteroatoms. The highest BCUT2D eigenvalue weighted by molar-refractivity contribution is 7.89. The smallest absolute Gasteiger partial charge is 0.348 e. The fourth-order valence-corrected chi connectivity index (χ4v) is 6.03. The molecule has 2 heterocycles. The number of rotatable bonds is 6. The summed E-state index contributed by atoms with van der Waals surface area (Å²) >= 11 is 6.35. The summed E-state index contributed by atoms with van der Waals surface area (Å²) in [6.07, 6.45) is 0. The van der Waals surface area contributed by atoms with E-state index in [9.17, 15) is 18.0 Å². The number of thiophene rings is 1. The average Bonchev–Trinajstić information content (AvgIpc) is 3.14. The second-order valence-electron chi connectivity index (χ2n) is 6.87. The van der Waals surface area contributed by atoms with E-state index in [1.165, 1.54) is 30.7 Å². The van der Waals surface area contributed by atoms with E-state index in [-0.39, 0.29) is 33.5 Å². The monoisotopic (exact) mass is 513 g/mol. The number of hydrogen-bond donors (Lipinski definition) is 2. The molecule has 1 aliphatic rings. The van der Waals surface area contributed by atoms with Gasteiger partial charge in [0.05, 0.1) is 37.9 Å². The predicted molar refractivity (Wildman–Crippen MR) is 128 cm³/mol. The Morgan fingerprint density at radius 1 is 1.12 bits per heavy atom. The summed E-state index contributed by atoms with van der Waals surface area (Å²) in [7, 11) is -1.20. The molecule has 0 unspecified atom stereocenters. The lowest BCUT2D eigenvalue weighted by atomic mass is 10.1. The van der Waals surface area contributed by atoms with Gasteiger partial charge >= 0.3 is 11.9 Å². The summed E-state index contributed by atoms with van der Waals surface area (Å²) in [5.74, 6) is -1.22. The quantitative estimate of drug-likeness (QED) is 0.440. The zero-order valence-electron chi connectivity index (χ0n) is 18.2. The van der Waals surface area contributed by atoms with Gasteiger partial charge in [-0.25, -0.2) is 18.0 Å². The number of sulfonamides is 1. The standard InChI is InChI=1S/C20H23N3O7S3/c1-12-15(18(24)28-2)17(32-16(12)19(25)29-3)22-20(31)21-13-5-4-6-14(11-13)33(26,27)23-7-9-30-10-8-23/h4-6,11H,7-10H2,1-3H3,(H2,21,22,31). The Balaban J connectivity index is 1.81. The van der Waals surface area contributed by atoms with Gasteiger partial charge in [0.15, 0.2) is 5.11 Å². The van der Waals surface area contributed by atoms with Crippen molar-refractivity contribution in [2.24, 2.45) is 0 Å². The highest BCUT2D eigenvalue weighted by atomic mass is 32.2. The van der Waals surface area contributed by atoms with Crippen LogP contribution in [0.2, 0.25) is 0 Å². The molecular formula is C20H23N3O7S3. The molecule has 0 atom stereocenters. The van der Waals surface area contributed by atoms with Crippen molar-refractivity contribution >= 4 is 61.3 Å². The van der Waals surface area contributed by atoms with Crippen LogP contribution in [0.3, 0.4) is 0 Å². The highest BCUT2D eigenvalue weighted by Gasteiger charge is 2.28. The number of thiocarbonyl (C=S) groups is 1. The number of carbonyl (C=O) groups excluding carboxylic acids is 2. The van der Waals surface area contributed by atoms with Crippen molar-refractivity contribution in [2.45, 2.75) is 11.8 Å². The summed E-state index contributed by atoms with van der Waals surface area (Å²) in [5.41, 5.74) is 1.00. The van der Waals surface area contributed by atoms with Crippen LogP contribution in [0, 0.1) is 6.92 Å². The van der Waals surface area contributed by atoms with Gasteiger partial charge in [0.25, 0.3) is 0 Å². The Bertz CT molecular complexity index is 1170. The summed E-state index contributed by atoms with van der Waals surface area (Å²) in [6, 6.07) is 6.24. The van der Waals surface area contributed by atoms with Crippen LogP contribution >= 0.6 is 23.6 Å². The molecule has 1 aliphatic heterocycles. The van der Waals surface area contributed by atoms with Gasteiger partial charge in [-0.15, -0.1) is 11.3 Å². The molecule has 0 saturated carbocycles. The van der Waals surface area contributed by atoms with E-state index in [0.717, 1.165) is 11.3 Å². The van der Waals surface area contributed by atoms with E-state index >= 15 is 0 Å². The third-order valence-corrected chi connectivity index (χ3v) is 8.12. The van der Waals surface area contributed by atoms with Crippen molar-refractivity contribution in [3.8, 4) is 0 Å². The first-order valence-electron chi connectivity index (χ1n) is 9.75. The number of esters is 2. The van der Waals surface area contributed by atoms with Gasteiger partial charge in [-0.3, -0.25) is 0 Å². The number of nitrogens with one attached hydrogen (secondary N) is 2. The van der Waals surface area contributed by atoms with Crippen LogP contribution in [0.5, 0.6) is 0 Å². The van der Waals surface area contributed by atoms with Crippen LogP contribution < -0.4 is 10.6 Å². The van der Waals surface area contributed by atoms with Crippen molar-refractivity contribution in [3.63, 3.8) is 0 Å². The Morgan fingerprint density at radius 2 is 1.79 bits per heavy atom. The minimum atomic E-state index is -3.68. The molecule has 33 heavy (non-hydrogen) atoms. The topological polar surface area (TPSA) is 123 Å². The molecule has 10 nitrogen and oxygen atoms in total. The second kappa shape index (κ2) is 10.6. The first kappa shape index (κ1) is 25.1. The molecule has 1 aromatic carbocycles. The Kier molecular flexibility index (Phi) is 8.02. The summed E-state index contributed by atoms with van der Waals surface area (Å²) < 4.78 is 42.0. The third kappa shape index (κ3) is 5.50. The van der Waals surface area contributed by atoms with E-state index in [2.05, 4.69) is 10.6 Å². The number of anilines is 2. The second-order valence-corrected chi connectivity index (χ2v) is 10.2. The van der Waals surface area contributed by atoms with Gasteiger partial charge in [-0.05, 0) is 42.9 Å². The first-order chi connectivity index (χ1) is 15.7. The molecule has 0 amide bonds. The Labute approximate surface area is 200 Å². The SMILES string of the molecule is COC(=O)c1sc(NC(=S)Nc2cccc(S(=O)(=O)N3CCOCC3)c2)c(C(=O)OC)c1C. The van der Waals surface area contributed by atoms with Gasteiger partial charge < -0.3 is 24.8 Å². The lowest BCUT2D eigenvalue weighted by molar-refractivity contribution is 0.0601. The minimum absolute atomic E-state index is 0.0961. The van der Waals surface area contributed by atoms with E-state index in [1.54, 1.807) is 19.1 Å². The van der Waals surface area contributed by atoms with E-state index < -0.39 is 22.0 Å². The predicted octanol–water partition coefficient (Wildman–Crippen LogP) is 2.46. The van der Waals surface area contributed by atoms with E-state index in [4.69, 9.17) is 26.4 Å². The zero-order chi connectivity index (χ0) is 24.2. The maximum Gasteiger partial charge on any atom is 0.348 e. The maximum absolute atomic E-state index is 12.9. The summed E-state index contributed by atoms with van der Waals surface area (Å²) in [6.45, 7) is 2.88. The van der Waals surface area contributed by atoms with Crippen LogP contribution in [-0.4, -0.2) is 70.3 Å². The fourth-order valence-electron chi connectivity index (χ4n) is 3.17. The molecule has 0 radical (unpaired) electrons. The van der Waals surface area contributed by atoms with Crippen LogP contribution in [0.1, 0.15) is 25.6 Å². The molecule has 2 aromatic rings. The number of carbonyl (C=O) groups is 2. The summed E-state index contributed by atoms with van der Waals surface area (Å²) in [4.78, 5) is 24.7. The molecule has 1 aromatic heterocycles. The Hall–Kier alpha value is -2.58. The minimum Gasteiger partial charge on any atom is -0.465 e. The number of benzene rings is 1. The van der Waals surface area contributed by atoms with Gasteiger partial charge in [0, 0.05) is 18.8 Å². The first-order valence-corrected chi connectivity index (χ1v) is 12.4. The number of hydrogen-bond acceptors (Lipinski definition) is 9. The van der Waals surface area contributed by atoms with Crippen molar-refractivity contribution in [2.75, 3.05) is 51.2 Å². The van der Waals surface area contributed by atoms with Crippen molar-refractivity contribution < 1.29 is 32.2 Å². The summed E-state index contributed by atoms with van der Waals surface area (Å²) in [5, 5.41) is 6.20. The largest absolute Gasteiger partial charge is 0.465 e. The van der Waals surface area contributed by atoms with Gasteiger partial charge in [-0.2, -0.15) is 4.31 Å². The molecule has 0 aliphatic carbocycles. The third-order valence-electron chi connectivity index (χ3n) is 4.83. The lowest BCUT2D eigenvalue weighted by Gasteiger charge is -2.26. The van der Waals surface area contributed by atoms with E-state index in [1.807, 2.05) is 0 Å². The van der Waals surface area contributed by atoms with Crippen LogP contribution in [-0.2, 0) is 24.2 Å². The van der Waals surface area contributed by atoms with Crippen molar-refractivity contribution in [1.29, 1.82) is 0 Å². The lowest BCUT2D eigenvalue weighted by Crippen LogP contribution is -2.40. The number of ether oxygens (including phenoxy) is 3. The molecule has 178 valence electrons. The highest BCUT2D eigenvalue weighted by Crippen LogP contribution is 2.34. The van der Waals surface area contributed by atoms with Crippen LogP contribution in [0.25, 0.3) is 0 Å². The van der Waals surface area contributed by atoms with Gasteiger partial charge in [0.1, 0.15) is 9.88 Å². The molecular weight excluding hydrogens is 490 g/mol. The average molecular weight is 514 g/mol. The van der Waals surface area contributed by atoms with Gasteiger partial charge in [-0.1, -0.05) is 6.07 Å². The number of nitrogens with zero attached hydrogens (tertiary/aromatic N) is 1. The molecule has 0 bridgehead atoms. The fraction of sp³-hybridized carbons (Fsp3) is 0.350. The van der Waals surface area contributed by atoms with E-state index in [0.29, 0.717) is 29.5 Å². The molecule has 1 fully saturated rings. The molecule has 2 N–H and O–H groups in total. The normalized spacial score (nSPS) is 14.4. The van der Waals surface area contributed by atoms with Crippen LogP contribution in [0.4, 0.5) is 10.7 Å². The molecule has 3 rings (SSSR count). The number of methoxy groups -OCH3 is 2. The maximum atomic E-state index is 12.9. The van der Waals surface area contributed by atoms with Crippen molar-refractivity contribution in [3.05, 3.63) is 40.3 Å². The molecule has 1 saturated heterocycles. The van der Waals surface area contributed by atoms with Crippen molar-refractivity contribution in [1.82, 2.24) is 4.31 Å². The Morgan fingerprint density at radius 3 is 2.42 bits per heavy atom. The number of morpholine rings is 1. The zero-order valence-corrected chi connectivity index (χ0v) is 20.6. The van der Waals surface area contributed by atoms with Gasteiger partial charge in [0.2, 0.25) is 10.0 Å². The van der Waals surface area contributed by atoms with Crippen LogP contribution in [0.15, 0.2) is 29.2 Å².